The van der Waals surface area contributed by atoms with Crippen LogP contribution in [0.25, 0.3) is 16.8 Å². The van der Waals surface area contributed by atoms with E-state index in [1.165, 1.54) is 33.5 Å². The van der Waals surface area contributed by atoms with Gasteiger partial charge in [0.05, 0.1) is 11.0 Å². The number of benzene rings is 1. The van der Waals surface area contributed by atoms with Gasteiger partial charge in [-0.15, -0.1) is 0 Å². The quantitative estimate of drug-likeness (QED) is 0.611. The lowest BCUT2D eigenvalue weighted by molar-refractivity contribution is 1.03. The van der Waals surface area contributed by atoms with Gasteiger partial charge in [-0.2, -0.15) is 0 Å². The van der Waals surface area contributed by atoms with Gasteiger partial charge in [0.25, 0.3) is 0 Å². The molecule has 3 rings (SSSR count). The molecule has 0 aliphatic rings. The van der Waals surface area contributed by atoms with Crippen molar-refractivity contribution in [3.63, 3.8) is 0 Å². The number of fused-ring (bicyclic) bond motifs is 3. The van der Waals surface area contributed by atoms with Crippen LogP contribution < -0.4 is 0 Å². The summed E-state index contributed by atoms with van der Waals surface area (Å²) in [5.74, 6) is 0.809. The third-order valence-electron chi connectivity index (χ3n) is 4.30. The zero-order valence-electron chi connectivity index (χ0n) is 12.4. The van der Waals surface area contributed by atoms with Crippen LogP contribution in [0.15, 0.2) is 6.07 Å². The summed E-state index contributed by atoms with van der Waals surface area (Å²) in [6.07, 6.45) is 0. The molecule has 0 unspecified atom stereocenters. The normalized spacial score (nSPS) is 11.7. The van der Waals surface area contributed by atoms with Crippen LogP contribution in [0.1, 0.15) is 33.6 Å². The number of hydrogen-bond donors (Lipinski definition) is 0. The monoisotopic (exact) mass is 253 g/mol. The van der Waals surface area contributed by atoms with Gasteiger partial charge >= 0.3 is 0 Å². The Kier molecular flexibility index (Phi) is 2.43. The molecule has 0 saturated heterocycles. The number of nitrogens with zero attached hydrogens (tertiary/aromatic N) is 3. The smallest absolute Gasteiger partial charge is 0.235 e. The van der Waals surface area contributed by atoms with Crippen molar-refractivity contribution in [2.24, 2.45) is 0 Å². The molecule has 3 aromatic rings. The molecular weight excluding hydrogens is 234 g/mol. The first-order valence-electron chi connectivity index (χ1n) is 6.64. The molecule has 0 aliphatic carbocycles. The molecule has 98 valence electrons. The number of aromatic nitrogens is 3. The van der Waals surface area contributed by atoms with Crippen LogP contribution in [0.2, 0.25) is 0 Å². The van der Waals surface area contributed by atoms with Crippen molar-refractivity contribution in [1.82, 2.24) is 14.4 Å². The fourth-order valence-electron chi connectivity index (χ4n) is 2.90. The van der Waals surface area contributed by atoms with E-state index in [0.29, 0.717) is 0 Å². The third-order valence-corrected chi connectivity index (χ3v) is 4.30. The number of rotatable bonds is 0. The molecule has 0 aliphatic heterocycles. The van der Waals surface area contributed by atoms with Gasteiger partial charge in [-0.3, -0.25) is 4.40 Å². The zero-order valence-corrected chi connectivity index (χ0v) is 12.4. The standard InChI is InChI=1S/C16H19N3/c1-8-7-9(2)19-15-13(6)11(4)10(3)12(5)14(15)18-16(19)17-8/h7H,1-6H3. The first-order chi connectivity index (χ1) is 8.91. The predicted molar refractivity (Wildman–Crippen MR) is 78.9 cm³/mol. The van der Waals surface area contributed by atoms with Crippen LogP contribution in [0.4, 0.5) is 0 Å². The largest absolute Gasteiger partial charge is 0.281 e. The van der Waals surface area contributed by atoms with Crippen LogP contribution >= 0.6 is 0 Å². The highest BCUT2D eigenvalue weighted by Gasteiger charge is 2.16. The lowest BCUT2D eigenvalue weighted by Gasteiger charge is -2.11. The SMILES string of the molecule is Cc1cc(C)n2c(n1)nc1c(C)c(C)c(C)c(C)c12. The van der Waals surface area contributed by atoms with Crippen molar-refractivity contribution in [2.75, 3.05) is 0 Å². The highest BCUT2D eigenvalue weighted by molar-refractivity contribution is 5.88. The lowest BCUT2D eigenvalue weighted by atomic mass is 9.97. The summed E-state index contributed by atoms with van der Waals surface area (Å²) in [6, 6.07) is 2.11. The van der Waals surface area contributed by atoms with Crippen LogP contribution in [0.3, 0.4) is 0 Å². The second kappa shape index (κ2) is 3.80. The second-order valence-corrected chi connectivity index (χ2v) is 5.48. The maximum Gasteiger partial charge on any atom is 0.235 e. The molecule has 3 nitrogen and oxygen atoms in total. The molecule has 3 heteroatoms. The lowest BCUT2D eigenvalue weighted by Crippen LogP contribution is -1.99. The molecule has 0 N–H and O–H groups in total. The summed E-state index contributed by atoms with van der Waals surface area (Å²) in [5.41, 5.74) is 9.76. The molecule has 0 atom stereocenters. The van der Waals surface area contributed by atoms with E-state index in [9.17, 15) is 0 Å². The van der Waals surface area contributed by atoms with E-state index in [2.05, 4.69) is 50.1 Å². The summed E-state index contributed by atoms with van der Waals surface area (Å²) >= 11 is 0. The second-order valence-electron chi connectivity index (χ2n) is 5.48. The third kappa shape index (κ3) is 1.51. The maximum absolute atomic E-state index is 4.75. The maximum atomic E-state index is 4.75. The van der Waals surface area contributed by atoms with Crippen molar-refractivity contribution >= 4 is 16.8 Å². The fourth-order valence-corrected chi connectivity index (χ4v) is 2.90. The number of hydrogen-bond acceptors (Lipinski definition) is 2. The number of aryl methyl sites for hydroxylation is 4. The molecule has 2 heterocycles. The van der Waals surface area contributed by atoms with E-state index >= 15 is 0 Å². The highest BCUT2D eigenvalue weighted by atomic mass is 15.1. The Balaban J connectivity index is 2.67. The van der Waals surface area contributed by atoms with Gasteiger partial charge in [0.1, 0.15) is 0 Å². The van der Waals surface area contributed by atoms with E-state index in [4.69, 9.17) is 4.98 Å². The zero-order chi connectivity index (χ0) is 13.9. The average molecular weight is 253 g/mol. The molecule has 1 aromatic carbocycles. The van der Waals surface area contributed by atoms with Gasteiger partial charge < -0.3 is 0 Å². The molecule has 2 aromatic heterocycles. The van der Waals surface area contributed by atoms with Crippen LogP contribution in [0, 0.1) is 41.5 Å². The summed E-state index contributed by atoms with van der Waals surface area (Å²) in [4.78, 5) is 9.32. The summed E-state index contributed by atoms with van der Waals surface area (Å²) in [7, 11) is 0. The molecule has 0 saturated carbocycles. The molecular formula is C16H19N3. The van der Waals surface area contributed by atoms with Gasteiger partial charge in [0.15, 0.2) is 0 Å². The van der Waals surface area contributed by atoms with Crippen molar-refractivity contribution in [2.45, 2.75) is 41.5 Å². The van der Waals surface area contributed by atoms with Crippen molar-refractivity contribution in [1.29, 1.82) is 0 Å². The Morgan fingerprint density at radius 3 is 2.11 bits per heavy atom. The highest BCUT2D eigenvalue weighted by Crippen LogP contribution is 2.29. The molecule has 0 radical (unpaired) electrons. The Bertz CT molecular complexity index is 825. The van der Waals surface area contributed by atoms with Crippen LogP contribution in [0.5, 0.6) is 0 Å². The van der Waals surface area contributed by atoms with Crippen LogP contribution in [-0.4, -0.2) is 14.4 Å². The summed E-state index contributed by atoms with van der Waals surface area (Å²) in [6.45, 7) is 12.8. The van der Waals surface area contributed by atoms with E-state index in [1.807, 2.05) is 6.92 Å². The summed E-state index contributed by atoms with van der Waals surface area (Å²) in [5, 5.41) is 0. The van der Waals surface area contributed by atoms with E-state index in [1.54, 1.807) is 0 Å². The van der Waals surface area contributed by atoms with Gasteiger partial charge in [-0.05, 0) is 69.9 Å². The van der Waals surface area contributed by atoms with Crippen LogP contribution in [-0.2, 0) is 0 Å². The van der Waals surface area contributed by atoms with Crippen molar-refractivity contribution in [3.05, 3.63) is 39.7 Å². The molecule has 0 spiro atoms. The average Bonchev–Trinajstić information content (AvgIpc) is 2.73. The minimum atomic E-state index is 0.809. The Labute approximate surface area is 113 Å². The van der Waals surface area contributed by atoms with Gasteiger partial charge in [-0.1, -0.05) is 0 Å². The Morgan fingerprint density at radius 2 is 1.42 bits per heavy atom. The molecule has 0 amide bonds. The minimum absolute atomic E-state index is 0.809. The Hall–Kier alpha value is -1.90. The first kappa shape index (κ1) is 12.2. The Morgan fingerprint density at radius 1 is 0.789 bits per heavy atom. The predicted octanol–water partition coefficient (Wildman–Crippen LogP) is 3.73. The van der Waals surface area contributed by atoms with Gasteiger partial charge in [-0.25, -0.2) is 9.97 Å². The van der Waals surface area contributed by atoms with E-state index in [0.717, 1.165) is 17.0 Å². The summed E-state index contributed by atoms with van der Waals surface area (Å²) < 4.78 is 2.18. The molecule has 19 heavy (non-hydrogen) atoms. The molecule has 0 bridgehead atoms. The molecule has 0 fully saturated rings. The topological polar surface area (TPSA) is 30.2 Å². The minimum Gasteiger partial charge on any atom is -0.281 e. The van der Waals surface area contributed by atoms with Crippen molar-refractivity contribution in [3.8, 4) is 0 Å². The van der Waals surface area contributed by atoms with Gasteiger partial charge in [0.2, 0.25) is 5.78 Å². The van der Waals surface area contributed by atoms with Crippen molar-refractivity contribution < 1.29 is 0 Å². The fraction of sp³-hybridized carbons (Fsp3) is 0.375. The number of imidazole rings is 1. The first-order valence-corrected chi connectivity index (χ1v) is 6.64. The van der Waals surface area contributed by atoms with E-state index < -0.39 is 0 Å². The van der Waals surface area contributed by atoms with Gasteiger partial charge in [0, 0.05) is 11.4 Å². The van der Waals surface area contributed by atoms with E-state index in [-0.39, 0.29) is 0 Å².